The van der Waals surface area contributed by atoms with E-state index in [1.54, 1.807) is 31.2 Å². The fourth-order valence-corrected chi connectivity index (χ4v) is 6.72. The van der Waals surface area contributed by atoms with Crippen LogP contribution in [-0.4, -0.2) is 41.7 Å². The Kier molecular flexibility index (Phi) is 6.91. The lowest BCUT2D eigenvalue weighted by Crippen LogP contribution is -2.44. The van der Waals surface area contributed by atoms with E-state index in [9.17, 15) is 18.0 Å². The third-order valence-electron chi connectivity index (χ3n) is 6.23. The van der Waals surface area contributed by atoms with Gasteiger partial charge in [0.25, 0.3) is 5.56 Å². The molecule has 3 aromatic rings. The first kappa shape index (κ1) is 24.8. The van der Waals surface area contributed by atoms with E-state index >= 15 is 0 Å². The Bertz CT molecular complexity index is 1420. The number of carbonyl (C=O) groups excluding carboxylic acids is 1. The Morgan fingerprint density at radius 1 is 1.09 bits per heavy atom. The SMILES string of the molecule is Cc1cc(C)c(S(=O)(=O)N2CCC[C@@H](C(=O)Nc3cccc(-c4nc(C)cc(=O)[nH]4)c3)C2)c(C)c1. The predicted octanol–water partition coefficient (Wildman–Crippen LogP) is 3.71. The molecule has 1 aliphatic heterocycles. The molecule has 184 valence electrons. The van der Waals surface area contributed by atoms with Gasteiger partial charge in [-0.15, -0.1) is 0 Å². The quantitative estimate of drug-likeness (QED) is 0.562. The summed E-state index contributed by atoms with van der Waals surface area (Å²) in [4.78, 5) is 32.3. The zero-order valence-corrected chi connectivity index (χ0v) is 21.2. The molecule has 1 atom stereocenters. The maximum absolute atomic E-state index is 13.5. The Balaban J connectivity index is 1.52. The molecule has 0 bridgehead atoms. The summed E-state index contributed by atoms with van der Waals surface area (Å²) in [5.41, 5.74) is 4.03. The van der Waals surface area contributed by atoms with Crippen LogP contribution in [0.25, 0.3) is 11.4 Å². The van der Waals surface area contributed by atoms with E-state index in [0.717, 1.165) is 5.56 Å². The number of aryl methyl sites for hydroxylation is 4. The monoisotopic (exact) mass is 494 g/mol. The molecule has 0 saturated carbocycles. The van der Waals surface area contributed by atoms with Gasteiger partial charge in [-0.25, -0.2) is 13.4 Å². The molecule has 1 aromatic heterocycles. The molecule has 0 radical (unpaired) electrons. The smallest absolute Gasteiger partial charge is 0.251 e. The van der Waals surface area contributed by atoms with E-state index in [-0.39, 0.29) is 18.0 Å². The summed E-state index contributed by atoms with van der Waals surface area (Å²) in [6, 6.07) is 12.2. The molecular formula is C26H30N4O4S. The predicted molar refractivity (Wildman–Crippen MR) is 136 cm³/mol. The average molecular weight is 495 g/mol. The number of carbonyl (C=O) groups is 1. The number of aromatic amines is 1. The van der Waals surface area contributed by atoms with Crippen molar-refractivity contribution in [1.82, 2.24) is 14.3 Å². The van der Waals surface area contributed by atoms with E-state index in [4.69, 9.17) is 0 Å². The lowest BCUT2D eigenvalue weighted by molar-refractivity contribution is -0.120. The molecule has 0 spiro atoms. The highest BCUT2D eigenvalue weighted by Crippen LogP contribution is 2.29. The highest BCUT2D eigenvalue weighted by Gasteiger charge is 2.35. The fraction of sp³-hybridized carbons (Fsp3) is 0.346. The molecule has 9 heteroatoms. The first-order valence-corrected chi connectivity index (χ1v) is 13.1. The minimum Gasteiger partial charge on any atom is -0.326 e. The van der Waals surface area contributed by atoms with Gasteiger partial charge >= 0.3 is 0 Å². The van der Waals surface area contributed by atoms with Crippen molar-refractivity contribution in [3.8, 4) is 11.4 Å². The molecule has 1 aliphatic rings. The van der Waals surface area contributed by atoms with Gasteiger partial charge in [-0.3, -0.25) is 9.59 Å². The number of benzene rings is 2. The van der Waals surface area contributed by atoms with E-state index in [2.05, 4.69) is 15.3 Å². The van der Waals surface area contributed by atoms with Crippen molar-refractivity contribution in [2.24, 2.45) is 5.92 Å². The lowest BCUT2D eigenvalue weighted by Gasteiger charge is -2.32. The van der Waals surface area contributed by atoms with Crippen molar-refractivity contribution in [1.29, 1.82) is 0 Å². The van der Waals surface area contributed by atoms with Crippen LogP contribution in [0.15, 0.2) is 52.2 Å². The second-order valence-electron chi connectivity index (χ2n) is 9.24. The standard InChI is InChI=1S/C26H30N4O4S/c1-16-11-17(2)24(18(3)12-16)35(33,34)30-10-6-8-21(15-30)26(32)28-22-9-5-7-20(14-22)25-27-19(4)13-23(31)29-25/h5,7,9,11-14,21H,6,8,10,15H2,1-4H3,(H,28,32)(H,27,29,31)/t21-/m1/s1. The van der Waals surface area contributed by atoms with Crippen LogP contribution in [0, 0.1) is 33.6 Å². The number of piperidine rings is 1. The summed E-state index contributed by atoms with van der Waals surface area (Å²) in [6.45, 7) is 7.83. The molecule has 1 saturated heterocycles. The van der Waals surface area contributed by atoms with Crippen LogP contribution < -0.4 is 10.9 Å². The maximum Gasteiger partial charge on any atom is 0.251 e. The van der Waals surface area contributed by atoms with Crippen molar-refractivity contribution < 1.29 is 13.2 Å². The van der Waals surface area contributed by atoms with Gasteiger partial charge in [0.05, 0.1) is 10.8 Å². The molecule has 1 amide bonds. The number of hydrogen-bond donors (Lipinski definition) is 2. The molecular weight excluding hydrogens is 464 g/mol. The molecule has 2 aromatic carbocycles. The number of nitrogens with one attached hydrogen (secondary N) is 2. The minimum absolute atomic E-state index is 0.132. The van der Waals surface area contributed by atoms with Gasteiger partial charge < -0.3 is 10.3 Å². The van der Waals surface area contributed by atoms with Crippen molar-refractivity contribution in [2.45, 2.75) is 45.4 Å². The van der Waals surface area contributed by atoms with Crippen LogP contribution in [0.1, 0.15) is 35.2 Å². The fourth-order valence-electron chi connectivity index (χ4n) is 4.78. The molecule has 0 unspecified atom stereocenters. The second-order valence-corrected chi connectivity index (χ2v) is 11.1. The third kappa shape index (κ3) is 5.36. The largest absolute Gasteiger partial charge is 0.326 e. The maximum atomic E-state index is 13.5. The number of hydrogen-bond acceptors (Lipinski definition) is 5. The number of nitrogens with zero attached hydrogens (tertiary/aromatic N) is 2. The topological polar surface area (TPSA) is 112 Å². The number of H-pyrrole nitrogens is 1. The molecule has 35 heavy (non-hydrogen) atoms. The third-order valence-corrected chi connectivity index (χ3v) is 8.40. The summed E-state index contributed by atoms with van der Waals surface area (Å²) in [5, 5.41) is 2.91. The first-order valence-electron chi connectivity index (χ1n) is 11.6. The van der Waals surface area contributed by atoms with E-state index in [1.165, 1.54) is 10.4 Å². The summed E-state index contributed by atoms with van der Waals surface area (Å²) in [7, 11) is -3.72. The van der Waals surface area contributed by atoms with Gasteiger partial charge in [0.1, 0.15) is 5.82 Å². The Morgan fingerprint density at radius 2 is 1.80 bits per heavy atom. The zero-order valence-electron chi connectivity index (χ0n) is 20.4. The molecule has 8 nitrogen and oxygen atoms in total. The summed E-state index contributed by atoms with van der Waals surface area (Å²) in [5.74, 6) is -0.278. The van der Waals surface area contributed by atoms with Crippen LogP contribution in [0.4, 0.5) is 5.69 Å². The average Bonchev–Trinajstić information content (AvgIpc) is 2.78. The zero-order chi connectivity index (χ0) is 25.3. The Labute approximate surface area is 205 Å². The van der Waals surface area contributed by atoms with Crippen molar-refractivity contribution in [3.63, 3.8) is 0 Å². The summed E-state index contributed by atoms with van der Waals surface area (Å²) < 4.78 is 28.4. The number of aromatic nitrogens is 2. The number of anilines is 1. The Morgan fingerprint density at radius 3 is 2.49 bits per heavy atom. The van der Waals surface area contributed by atoms with Gasteiger partial charge in [0.2, 0.25) is 15.9 Å². The highest BCUT2D eigenvalue weighted by molar-refractivity contribution is 7.89. The van der Waals surface area contributed by atoms with Crippen LogP contribution in [0.3, 0.4) is 0 Å². The minimum atomic E-state index is -3.72. The van der Waals surface area contributed by atoms with Crippen LogP contribution >= 0.6 is 0 Å². The molecule has 1 fully saturated rings. The molecule has 0 aliphatic carbocycles. The van der Waals surface area contributed by atoms with Crippen LogP contribution in [-0.2, 0) is 14.8 Å². The highest BCUT2D eigenvalue weighted by atomic mass is 32.2. The van der Waals surface area contributed by atoms with Gasteiger partial charge in [-0.1, -0.05) is 29.8 Å². The lowest BCUT2D eigenvalue weighted by atomic mass is 9.98. The van der Waals surface area contributed by atoms with E-state index in [0.29, 0.717) is 58.2 Å². The number of sulfonamides is 1. The molecule has 2 heterocycles. The van der Waals surface area contributed by atoms with Gasteiger partial charge in [-0.2, -0.15) is 4.31 Å². The van der Waals surface area contributed by atoms with Gasteiger partial charge in [0.15, 0.2) is 0 Å². The normalized spacial score (nSPS) is 16.7. The van der Waals surface area contributed by atoms with Gasteiger partial charge in [0, 0.05) is 36.1 Å². The molecule has 4 rings (SSSR count). The Hall–Kier alpha value is -3.30. The van der Waals surface area contributed by atoms with E-state index < -0.39 is 15.9 Å². The number of amides is 1. The van der Waals surface area contributed by atoms with E-state index in [1.807, 2.05) is 32.9 Å². The summed E-state index contributed by atoms with van der Waals surface area (Å²) >= 11 is 0. The second kappa shape index (κ2) is 9.75. The number of rotatable bonds is 5. The molecule has 2 N–H and O–H groups in total. The van der Waals surface area contributed by atoms with Crippen molar-refractivity contribution in [2.75, 3.05) is 18.4 Å². The van der Waals surface area contributed by atoms with Crippen molar-refractivity contribution in [3.05, 3.63) is 75.2 Å². The van der Waals surface area contributed by atoms with Crippen LogP contribution in [0.2, 0.25) is 0 Å². The van der Waals surface area contributed by atoms with Crippen LogP contribution in [0.5, 0.6) is 0 Å². The summed E-state index contributed by atoms with van der Waals surface area (Å²) in [6.07, 6.45) is 1.21. The first-order chi connectivity index (χ1) is 16.5. The van der Waals surface area contributed by atoms with Gasteiger partial charge in [-0.05, 0) is 63.8 Å². The van der Waals surface area contributed by atoms with Crippen molar-refractivity contribution >= 4 is 21.6 Å².